The lowest BCUT2D eigenvalue weighted by Crippen LogP contribution is -2.36. The summed E-state index contributed by atoms with van der Waals surface area (Å²) in [6, 6.07) is 3.49. The Hall–Kier alpha value is -1.78. The van der Waals surface area contributed by atoms with Gasteiger partial charge in [0, 0.05) is 12.6 Å². The summed E-state index contributed by atoms with van der Waals surface area (Å²) >= 11 is 0. The Labute approximate surface area is 108 Å². The zero-order valence-electron chi connectivity index (χ0n) is 11.6. The minimum Gasteiger partial charge on any atom is -0.481 e. The molecule has 0 saturated heterocycles. The largest absolute Gasteiger partial charge is 0.481 e. The third kappa shape index (κ3) is 3.91. The Morgan fingerprint density at radius 3 is 2.44 bits per heavy atom. The molecule has 5 heteroatoms. The molecule has 1 aromatic rings. The second kappa shape index (κ2) is 5.71. The number of aromatic nitrogens is 1. The monoisotopic (exact) mass is 252 g/mol. The van der Waals surface area contributed by atoms with Crippen molar-refractivity contribution in [1.29, 1.82) is 0 Å². The number of carbonyl (C=O) groups is 1. The molecular formula is C13H20N2O3. The van der Waals surface area contributed by atoms with E-state index in [9.17, 15) is 4.79 Å². The number of hydrogen-bond donors (Lipinski definition) is 0. The number of rotatable bonds is 3. The van der Waals surface area contributed by atoms with E-state index in [1.54, 1.807) is 25.4 Å². The molecule has 1 heterocycles. The van der Waals surface area contributed by atoms with E-state index in [1.807, 2.05) is 27.7 Å². The third-order valence-electron chi connectivity index (χ3n) is 2.17. The molecule has 18 heavy (non-hydrogen) atoms. The highest BCUT2D eigenvalue weighted by Gasteiger charge is 2.22. The highest BCUT2D eigenvalue weighted by molar-refractivity contribution is 5.87. The maximum absolute atomic E-state index is 12.0. The minimum absolute atomic E-state index is 0.378. The molecule has 1 aromatic heterocycles. The van der Waals surface area contributed by atoms with E-state index in [0.29, 0.717) is 18.1 Å². The van der Waals surface area contributed by atoms with Crippen LogP contribution in [0.5, 0.6) is 5.88 Å². The van der Waals surface area contributed by atoms with E-state index in [1.165, 1.54) is 4.90 Å². The van der Waals surface area contributed by atoms with Crippen molar-refractivity contribution in [2.75, 3.05) is 18.6 Å². The Kier molecular flexibility index (Phi) is 4.53. The van der Waals surface area contributed by atoms with Gasteiger partial charge in [-0.25, -0.2) is 9.78 Å². The molecule has 100 valence electrons. The second-order valence-corrected chi connectivity index (χ2v) is 4.78. The summed E-state index contributed by atoms with van der Waals surface area (Å²) in [6.45, 7) is 7.91. The quantitative estimate of drug-likeness (QED) is 0.830. The Morgan fingerprint density at radius 1 is 1.39 bits per heavy atom. The summed E-state index contributed by atoms with van der Waals surface area (Å²) in [7, 11) is 1.55. The first-order valence-electron chi connectivity index (χ1n) is 5.88. The van der Waals surface area contributed by atoms with Crippen molar-refractivity contribution in [2.45, 2.75) is 33.3 Å². The van der Waals surface area contributed by atoms with Crippen molar-refractivity contribution in [3.8, 4) is 5.88 Å². The number of anilines is 1. The van der Waals surface area contributed by atoms with Crippen molar-refractivity contribution in [3.05, 3.63) is 18.3 Å². The fraction of sp³-hybridized carbons (Fsp3) is 0.538. The van der Waals surface area contributed by atoms with Gasteiger partial charge in [-0.3, -0.25) is 4.90 Å². The Morgan fingerprint density at radius 2 is 2.06 bits per heavy atom. The van der Waals surface area contributed by atoms with Crippen molar-refractivity contribution in [3.63, 3.8) is 0 Å². The molecule has 1 rings (SSSR count). The molecule has 0 fully saturated rings. The molecule has 0 aliphatic rings. The molecule has 0 unspecified atom stereocenters. The van der Waals surface area contributed by atoms with Crippen molar-refractivity contribution >= 4 is 11.8 Å². The fourth-order valence-corrected chi connectivity index (χ4v) is 1.39. The molecule has 0 spiro atoms. The van der Waals surface area contributed by atoms with Gasteiger partial charge in [-0.2, -0.15) is 0 Å². The van der Waals surface area contributed by atoms with Gasteiger partial charge < -0.3 is 9.47 Å². The van der Waals surface area contributed by atoms with Gasteiger partial charge >= 0.3 is 6.09 Å². The lowest BCUT2D eigenvalue weighted by atomic mass is 10.2. The van der Waals surface area contributed by atoms with Crippen LogP contribution in [0.1, 0.15) is 27.7 Å². The average Bonchev–Trinajstić information content (AvgIpc) is 2.28. The van der Waals surface area contributed by atoms with E-state index >= 15 is 0 Å². The number of pyridine rings is 1. The molecule has 0 atom stereocenters. The molecular weight excluding hydrogens is 232 g/mol. The summed E-state index contributed by atoms with van der Waals surface area (Å²) in [6.07, 6.45) is 1.21. The van der Waals surface area contributed by atoms with Gasteiger partial charge in [-0.15, -0.1) is 0 Å². The second-order valence-electron chi connectivity index (χ2n) is 4.78. The van der Waals surface area contributed by atoms with Crippen molar-refractivity contribution in [2.24, 2.45) is 0 Å². The van der Waals surface area contributed by atoms with E-state index < -0.39 is 5.60 Å². The van der Waals surface area contributed by atoms with Crippen LogP contribution in [0.2, 0.25) is 0 Å². The van der Waals surface area contributed by atoms with Gasteiger partial charge in [-0.1, -0.05) is 0 Å². The predicted octanol–water partition coefficient (Wildman–Crippen LogP) is 2.85. The lowest BCUT2D eigenvalue weighted by molar-refractivity contribution is 0.0582. The standard InChI is InChI=1S/C13H20N2O3/c1-6-15(12(16)18-13(2,3)4)10-7-8-11(17-5)14-9-10/h7-9H,6H2,1-5H3. The minimum atomic E-state index is -0.510. The van der Waals surface area contributed by atoms with Crippen molar-refractivity contribution < 1.29 is 14.3 Å². The van der Waals surface area contributed by atoms with Crippen LogP contribution in [-0.2, 0) is 4.74 Å². The summed E-state index contributed by atoms with van der Waals surface area (Å²) in [5.74, 6) is 0.513. The summed E-state index contributed by atoms with van der Waals surface area (Å²) in [5.41, 5.74) is 0.178. The van der Waals surface area contributed by atoms with Gasteiger partial charge in [0.25, 0.3) is 0 Å². The number of nitrogens with zero attached hydrogens (tertiary/aromatic N) is 2. The molecule has 5 nitrogen and oxygen atoms in total. The summed E-state index contributed by atoms with van der Waals surface area (Å²) < 4.78 is 10.3. The van der Waals surface area contributed by atoms with Gasteiger partial charge in [-0.05, 0) is 33.8 Å². The maximum Gasteiger partial charge on any atom is 0.414 e. The molecule has 0 N–H and O–H groups in total. The van der Waals surface area contributed by atoms with Crippen LogP contribution in [-0.4, -0.2) is 30.3 Å². The highest BCUT2D eigenvalue weighted by Crippen LogP contribution is 2.19. The number of ether oxygens (including phenoxy) is 2. The topological polar surface area (TPSA) is 51.7 Å². The zero-order chi connectivity index (χ0) is 13.8. The molecule has 0 aromatic carbocycles. The van der Waals surface area contributed by atoms with Crippen LogP contribution < -0.4 is 9.64 Å². The number of methoxy groups -OCH3 is 1. The molecule has 0 aliphatic carbocycles. The maximum atomic E-state index is 12.0. The van der Waals surface area contributed by atoms with Crippen LogP contribution in [0.25, 0.3) is 0 Å². The summed E-state index contributed by atoms with van der Waals surface area (Å²) in [5, 5.41) is 0. The smallest absolute Gasteiger partial charge is 0.414 e. The normalized spacial score (nSPS) is 10.9. The fourth-order valence-electron chi connectivity index (χ4n) is 1.39. The SMILES string of the molecule is CCN(C(=O)OC(C)(C)C)c1ccc(OC)nc1. The first-order chi connectivity index (χ1) is 8.37. The van der Waals surface area contributed by atoms with Crippen LogP contribution in [0.15, 0.2) is 18.3 Å². The molecule has 0 radical (unpaired) electrons. The lowest BCUT2D eigenvalue weighted by Gasteiger charge is -2.26. The first kappa shape index (κ1) is 14.3. The van der Waals surface area contributed by atoms with Gasteiger partial charge in [0.05, 0.1) is 19.0 Å². The molecule has 0 saturated carbocycles. The van der Waals surface area contributed by atoms with Gasteiger partial charge in [0.15, 0.2) is 0 Å². The molecule has 1 amide bonds. The van der Waals surface area contributed by atoms with E-state index in [2.05, 4.69) is 4.98 Å². The number of carbonyl (C=O) groups excluding carboxylic acids is 1. The summed E-state index contributed by atoms with van der Waals surface area (Å²) in [4.78, 5) is 17.6. The van der Waals surface area contributed by atoms with Crippen LogP contribution in [0.3, 0.4) is 0 Å². The van der Waals surface area contributed by atoms with Crippen LogP contribution in [0.4, 0.5) is 10.5 Å². The Bertz CT molecular complexity index is 396. The zero-order valence-corrected chi connectivity index (χ0v) is 11.6. The van der Waals surface area contributed by atoms with Gasteiger partial charge in [0.1, 0.15) is 5.60 Å². The van der Waals surface area contributed by atoms with Crippen molar-refractivity contribution in [1.82, 2.24) is 4.98 Å². The number of amides is 1. The van der Waals surface area contributed by atoms with Crippen LogP contribution >= 0.6 is 0 Å². The van der Waals surface area contributed by atoms with Gasteiger partial charge in [0.2, 0.25) is 5.88 Å². The third-order valence-corrected chi connectivity index (χ3v) is 2.17. The molecule has 0 aliphatic heterocycles. The number of hydrogen-bond acceptors (Lipinski definition) is 4. The highest BCUT2D eigenvalue weighted by atomic mass is 16.6. The predicted molar refractivity (Wildman–Crippen MR) is 70.0 cm³/mol. The average molecular weight is 252 g/mol. The van der Waals surface area contributed by atoms with Crippen LogP contribution in [0, 0.1) is 0 Å². The molecule has 0 bridgehead atoms. The first-order valence-corrected chi connectivity index (χ1v) is 5.88. The van der Waals surface area contributed by atoms with E-state index in [-0.39, 0.29) is 6.09 Å². The Balaban J connectivity index is 2.85. The van der Waals surface area contributed by atoms with E-state index in [0.717, 1.165) is 0 Å². The van der Waals surface area contributed by atoms with E-state index in [4.69, 9.17) is 9.47 Å².